The fourth-order valence-electron chi connectivity index (χ4n) is 2.06. The Bertz CT molecular complexity index is 591. The van der Waals surface area contributed by atoms with Crippen LogP contribution in [-0.4, -0.2) is 31.6 Å². The first-order valence-electron chi connectivity index (χ1n) is 6.53. The van der Waals surface area contributed by atoms with Gasteiger partial charge in [0.05, 0.1) is 5.75 Å². The van der Waals surface area contributed by atoms with E-state index in [0.29, 0.717) is 5.92 Å². The molecule has 7 heteroatoms. The molecule has 1 saturated carbocycles. The first-order valence-corrected chi connectivity index (χ1v) is 8.45. The Morgan fingerprint density at radius 2 is 2.35 bits per heavy atom. The van der Waals surface area contributed by atoms with Crippen LogP contribution in [-0.2, 0) is 17.8 Å². The van der Waals surface area contributed by atoms with Gasteiger partial charge in [-0.15, -0.1) is 10.2 Å². The predicted molar refractivity (Wildman–Crippen MR) is 78.4 cm³/mol. The van der Waals surface area contributed by atoms with E-state index in [1.165, 1.54) is 30.2 Å². The molecule has 0 saturated heterocycles. The van der Waals surface area contributed by atoms with Gasteiger partial charge in [0.2, 0.25) is 0 Å². The topological polar surface area (TPSA) is 68.0 Å². The SMILES string of the molecule is O=C(O)CSc1nnc(C2CC2)n1CCc1ccsc1. The summed E-state index contributed by atoms with van der Waals surface area (Å²) in [4.78, 5) is 10.7. The third kappa shape index (κ3) is 3.21. The number of aliphatic carboxylic acids is 1. The Balaban J connectivity index is 1.74. The van der Waals surface area contributed by atoms with Gasteiger partial charge in [0.15, 0.2) is 5.16 Å². The van der Waals surface area contributed by atoms with Gasteiger partial charge in [-0.25, -0.2) is 0 Å². The number of thiophene rings is 1. The van der Waals surface area contributed by atoms with Gasteiger partial charge in [-0.2, -0.15) is 11.3 Å². The summed E-state index contributed by atoms with van der Waals surface area (Å²) in [6.07, 6.45) is 3.27. The number of hydrogen-bond donors (Lipinski definition) is 1. The van der Waals surface area contributed by atoms with E-state index in [1.807, 2.05) is 0 Å². The van der Waals surface area contributed by atoms with E-state index < -0.39 is 5.97 Å². The summed E-state index contributed by atoms with van der Waals surface area (Å²) in [5, 5.41) is 22.2. The molecule has 0 atom stereocenters. The van der Waals surface area contributed by atoms with E-state index in [1.54, 1.807) is 11.3 Å². The molecular weight excluding hydrogens is 294 g/mol. The van der Waals surface area contributed by atoms with Crippen LogP contribution in [0.4, 0.5) is 0 Å². The van der Waals surface area contributed by atoms with E-state index in [-0.39, 0.29) is 5.75 Å². The summed E-state index contributed by atoms with van der Waals surface area (Å²) in [6.45, 7) is 0.817. The summed E-state index contributed by atoms with van der Waals surface area (Å²) >= 11 is 2.95. The van der Waals surface area contributed by atoms with Crippen LogP contribution in [0.25, 0.3) is 0 Å². The summed E-state index contributed by atoms with van der Waals surface area (Å²) in [6, 6.07) is 2.12. The van der Waals surface area contributed by atoms with Crippen molar-refractivity contribution < 1.29 is 9.90 Å². The fraction of sp³-hybridized carbons (Fsp3) is 0.462. The van der Waals surface area contributed by atoms with Gasteiger partial charge in [0.25, 0.3) is 0 Å². The van der Waals surface area contributed by atoms with Crippen molar-refractivity contribution in [2.45, 2.75) is 36.9 Å². The average molecular weight is 309 g/mol. The van der Waals surface area contributed by atoms with Crippen molar-refractivity contribution in [1.82, 2.24) is 14.8 Å². The molecule has 0 bridgehead atoms. The highest BCUT2D eigenvalue weighted by Crippen LogP contribution is 2.40. The molecule has 0 amide bonds. The second-order valence-corrected chi connectivity index (χ2v) is 6.55. The first-order chi connectivity index (χ1) is 9.74. The van der Waals surface area contributed by atoms with E-state index in [4.69, 9.17) is 5.11 Å². The predicted octanol–water partition coefficient (Wildman–Crippen LogP) is 2.64. The Morgan fingerprint density at radius 1 is 1.50 bits per heavy atom. The molecule has 0 unspecified atom stereocenters. The largest absolute Gasteiger partial charge is 0.481 e. The molecular formula is C13H15N3O2S2. The molecule has 0 aromatic carbocycles. The number of thioether (sulfide) groups is 1. The van der Waals surface area contributed by atoms with Gasteiger partial charge in [-0.3, -0.25) is 4.79 Å². The molecule has 3 rings (SSSR count). The van der Waals surface area contributed by atoms with Crippen molar-refractivity contribution in [1.29, 1.82) is 0 Å². The molecule has 1 aliphatic rings. The Labute approximate surface area is 125 Å². The first kappa shape index (κ1) is 13.6. The van der Waals surface area contributed by atoms with Gasteiger partial charge in [-0.1, -0.05) is 11.8 Å². The van der Waals surface area contributed by atoms with E-state index >= 15 is 0 Å². The number of carboxylic acid groups (broad SMARTS) is 1. The minimum atomic E-state index is -0.824. The zero-order valence-electron chi connectivity index (χ0n) is 10.9. The molecule has 2 heterocycles. The van der Waals surface area contributed by atoms with Gasteiger partial charge >= 0.3 is 5.97 Å². The van der Waals surface area contributed by atoms with Crippen LogP contribution < -0.4 is 0 Å². The molecule has 0 radical (unpaired) electrons. The zero-order valence-corrected chi connectivity index (χ0v) is 12.5. The van der Waals surface area contributed by atoms with Crippen LogP contribution in [0.3, 0.4) is 0 Å². The standard InChI is InChI=1S/C13H15N3O2S2/c17-11(18)8-20-13-15-14-12(10-1-2-10)16(13)5-3-9-4-6-19-7-9/h4,6-7,10H,1-3,5,8H2,(H,17,18). The number of aryl methyl sites for hydroxylation is 1. The maximum Gasteiger partial charge on any atom is 0.313 e. The molecule has 1 fully saturated rings. The van der Waals surface area contributed by atoms with Crippen LogP contribution in [0.5, 0.6) is 0 Å². The fourth-order valence-corrected chi connectivity index (χ4v) is 3.46. The van der Waals surface area contributed by atoms with Crippen LogP contribution in [0.2, 0.25) is 0 Å². The van der Waals surface area contributed by atoms with Crippen LogP contribution in [0.15, 0.2) is 22.0 Å². The molecule has 0 aliphatic heterocycles. The molecule has 2 aromatic rings. The maximum absolute atomic E-state index is 10.7. The van der Waals surface area contributed by atoms with Crippen molar-refractivity contribution in [3.05, 3.63) is 28.2 Å². The van der Waals surface area contributed by atoms with Crippen LogP contribution >= 0.6 is 23.1 Å². The highest BCUT2D eigenvalue weighted by atomic mass is 32.2. The second kappa shape index (κ2) is 5.97. The lowest BCUT2D eigenvalue weighted by atomic mass is 10.2. The lowest BCUT2D eigenvalue weighted by Gasteiger charge is -2.08. The number of nitrogens with zero attached hydrogens (tertiary/aromatic N) is 3. The molecule has 1 aliphatic carbocycles. The maximum atomic E-state index is 10.7. The van der Waals surface area contributed by atoms with E-state index in [0.717, 1.165) is 23.9 Å². The summed E-state index contributed by atoms with van der Waals surface area (Å²) in [5.41, 5.74) is 1.31. The smallest absolute Gasteiger partial charge is 0.313 e. The second-order valence-electron chi connectivity index (χ2n) is 4.83. The normalized spacial score (nSPS) is 14.6. The van der Waals surface area contributed by atoms with Crippen LogP contribution in [0, 0.1) is 0 Å². The zero-order chi connectivity index (χ0) is 13.9. The summed E-state index contributed by atoms with van der Waals surface area (Å²) in [5.74, 6) is 0.744. The third-order valence-electron chi connectivity index (χ3n) is 3.22. The third-order valence-corrected chi connectivity index (χ3v) is 4.90. The molecule has 106 valence electrons. The van der Waals surface area contributed by atoms with Crippen molar-refractivity contribution >= 4 is 29.1 Å². The number of hydrogen-bond acceptors (Lipinski definition) is 5. The molecule has 5 nitrogen and oxygen atoms in total. The number of carboxylic acids is 1. The van der Waals surface area contributed by atoms with Gasteiger partial charge in [0.1, 0.15) is 5.82 Å². The Morgan fingerprint density at radius 3 is 3.00 bits per heavy atom. The van der Waals surface area contributed by atoms with Gasteiger partial charge in [-0.05, 0) is 41.7 Å². The lowest BCUT2D eigenvalue weighted by molar-refractivity contribution is -0.133. The Kier molecular flexibility index (Phi) is 4.07. The lowest BCUT2D eigenvalue weighted by Crippen LogP contribution is -2.08. The monoisotopic (exact) mass is 309 g/mol. The Hall–Kier alpha value is -1.34. The van der Waals surface area contributed by atoms with E-state index in [2.05, 4.69) is 31.6 Å². The molecule has 2 aromatic heterocycles. The van der Waals surface area contributed by atoms with Crippen molar-refractivity contribution in [3.63, 3.8) is 0 Å². The number of aromatic nitrogens is 3. The highest BCUT2D eigenvalue weighted by Gasteiger charge is 2.30. The highest BCUT2D eigenvalue weighted by molar-refractivity contribution is 7.99. The van der Waals surface area contributed by atoms with Crippen molar-refractivity contribution in [2.24, 2.45) is 0 Å². The molecule has 1 N–H and O–H groups in total. The van der Waals surface area contributed by atoms with Gasteiger partial charge in [0, 0.05) is 12.5 Å². The number of carbonyl (C=O) groups is 1. The van der Waals surface area contributed by atoms with Crippen molar-refractivity contribution in [3.8, 4) is 0 Å². The average Bonchev–Trinajstić information content (AvgIpc) is 2.99. The molecule has 20 heavy (non-hydrogen) atoms. The van der Waals surface area contributed by atoms with Crippen LogP contribution in [0.1, 0.15) is 30.1 Å². The number of rotatable bonds is 7. The van der Waals surface area contributed by atoms with Crippen molar-refractivity contribution in [2.75, 3.05) is 5.75 Å². The molecule has 0 spiro atoms. The van der Waals surface area contributed by atoms with Gasteiger partial charge < -0.3 is 9.67 Å². The summed E-state index contributed by atoms with van der Waals surface area (Å²) in [7, 11) is 0. The minimum absolute atomic E-state index is 0.0290. The van der Waals surface area contributed by atoms with E-state index in [9.17, 15) is 4.79 Å². The summed E-state index contributed by atoms with van der Waals surface area (Å²) < 4.78 is 2.10. The minimum Gasteiger partial charge on any atom is -0.481 e. The quantitative estimate of drug-likeness (QED) is 0.796.